The minimum absolute atomic E-state index is 0.238. The molecule has 3 unspecified atom stereocenters. The highest BCUT2D eigenvalue weighted by molar-refractivity contribution is 5.82. The number of allylic oxidation sites excluding steroid dienone is 2. The summed E-state index contributed by atoms with van der Waals surface area (Å²) < 4.78 is 15.7. The Kier molecular flexibility index (Phi) is 6.35. The van der Waals surface area contributed by atoms with Crippen LogP contribution in [0.25, 0.3) is 0 Å². The molecule has 0 amide bonds. The average molecular weight is 286 g/mol. The zero-order chi connectivity index (χ0) is 15.2. The average Bonchev–Trinajstić information content (AvgIpc) is 2.70. The Balaban J connectivity index is 2.53. The fraction of sp³-hybridized carbons (Fsp3) is 0.643. The molecule has 1 fully saturated rings. The van der Waals surface area contributed by atoms with Crippen molar-refractivity contribution in [3.05, 3.63) is 24.3 Å². The zero-order valence-corrected chi connectivity index (χ0v) is 12.0. The zero-order valence-electron chi connectivity index (χ0n) is 12.0. The molecule has 114 valence electrons. The van der Waals surface area contributed by atoms with Gasteiger partial charge < -0.3 is 24.4 Å². The second kappa shape index (κ2) is 7.54. The predicted octanol–water partition coefficient (Wildman–Crippen LogP) is 0.535. The number of carbonyl (C=O) groups is 1. The molecule has 3 atom stereocenters. The maximum Gasteiger partial charge on any atom is 0.330 e. The van der Waals surface area contributed by atoms with Crippen molar-refractivity contribution >= 4 is 5.97 Å². The first-order valence-electron chi connectivity index (χ1n) is 6.56. The summed E-state index contributed by atoms with van der Waals surface area (Å²) in [4.78, 5) is 11.0. The first kappa shape index (κ1) is 16.8. The lowest BCUT2D eigenvalue weighted by Crippen LogP contribution is -2.36. The number of carbonyl (C=O) groups excluding carboxylic acids is 1. The third kappa shape index (κ3) is 5.05. The number of aliphatic hydroxyl groups excluding tert-OH is 2. The van der Waals surface area contributed by atoms with Crippen LogP contribution >= 0.6 is 0 Å². The van der Waals surface area contributed by atoms with Gasteiger partial charge >= 0.3 is 5.97 Å². The van der Waals surface area contributed by atoms with Crippen LogP contribution in [0.4, 0.5) is 0 Å². The van der Waals surface area contributed by atoms with Crippen molar-refractivity contribution in [2.24, 2.45) is 0 Å². The van der Waals surface area contributed by atoms with Gasteiger partial charge in [-0.05, 0) is 20.8 Å². The molecule has 20 heavy (non-hydrogen) atoms. The molecular formula is C14H22O6. The van der Waals surface area contributed by atoms with Crippen molar-refractivity contribution in [1.82, 2.24) is 0 Å². The summed E-state index contributed by atoms with van der Waals surface area (Å²) in [5, 5.41) is 19.2. The van der Waals surface area contributed by atoms with Crippen molar-refractivity contribution in [2.45, 2.75) is 44.9 Å². The quantitative estimate of drug-likeness (QED) is 0.421. The van der Waals surface area contributed by atoms with Crippen LogP contribution < -0.4 is 0 Å². The lowest BCUT2D eigenvalue weighted by molar-refractivity contribution is -0.154. The molecule has 0 radical (unpaired) electrons. The van der Waals surface area contributed by atoms with E-state index in [4.69, 9.17) is 14.2 Å². The molecule has 1 rings (SSSR count). The van der Waals surface area contributed by atoms with Crippen molar-refractivity contribution in [3.63, 3.8) is 0 Å². The van der Waals surface area contributed by atoms with Crippen LogP contribution in [0.3, 0.4) is 0 Å². The summed E-state index contributed by atoms with van der Waals surface area (Å²) in [6, 6.07) is 0. The molecule has 1 aliphatic rings. The monoisotopic (exact) mass is 286 g/mol. The maximum atomic E-state index is 11.0. The predicted molar refractivity (Wildman–Crippen MR) is 71.8 cm³/mol. The van der Waals surface area contributed by atoms with Crippen LogP contribution in [0.5, 0.6) is 0 Å². The minimum atomic E-state index is -0.944. The van der Waals surface area contributed by atoms with E-state index in [0.717, 1.165) is 0 Å². The van der Waals surface area contributed by atoms with Gasteiger partial charge in [-0.2, -0.15) is 0 Å². The van der Waals surface area contributed by atoms with E-state index >= 15 is 0 Å². The number of hydrogen-bond acceptors (Lipinski definition) is 6. The van der Waals surface area contributed by atoms with E-state index in [2.05, 4.69) is 0 Å². The molecule has 0 aromatic carbocycles. The minimum Gasteiger partial charge on any atom is -0.463 e. The Morgan fingerprint density at radius 3 is 2.70 bits per heavy atom. The standard InChI is InChI=1S/C14H22O6/c1-4-18-12(17)8-6-5-7-10(16)13-11(9-15)19-14(2,3)20-13/h5-8,10-11,13,15-16H,4,9H2,1-3H3. The summed E-state index contributed by atoms with van der Waals surface area (Å²) in [5.41, 5.74) is 0. The number of aliphatic hydroxyl groups is 2. The fourth-order valence-corrected chi connectivity index (χ4v) is 1.91. The molecule has 0 aliphatic carbocycles. The van der Waals surface area contributed by atoms with E-state index in [0.29, 0.717) is 6.61 Å². The Morgan fingerprint density at radius 2 is 2.10 bits per heavy atom. The van der Waals surface area contributed by atoms with Crippen molar-refractivity contribution < 1.29 is 29.2 Å². The number of ether oxygens (including phenoxy) is 3. The molecular weight excluding hydrogens is 264 g/mol. The van der Waals surface area contributed by atoms with E-state index in [1.807, 2.05) is 0 Å². The third-order valence-corrected chi connectivity index (χ3v) is 2.68. The normalized spacial score (nSPS) is 27.2. The lowest BCUT2D eigenvalue weighted by Gasteiger charge is -2.19. The van der Waals surface area contributed by atoms with E-state index in [9.17, 15) is 15.0 Å². The van der Waals surface area contributed by atoms with E-state index < -0.39 is 30.1 Å². The van der Waals surface area contributed by atoms with E-state index in [-0.39, 0.29) is 6.61 Å². The highest BCUT2D eigenvalue weighted by Gasteiger charge is 2.43. The molecule has 1 saturated heterocycles. The van der Waals surface area contributed by atoms with Crippen molar-refractivity contribution in [1.29, 1.82) is 0 Å². The van der Waals surface area contributed by atoms with Crippen LogP contribution in [-0.2, 0) is 19.0 Å². The van der Waals surface area contributed by atoms with Gasteiger partial charge in [0.25, 0.3) is 0 Å². The molecule has 1 heterocycles. The Bertz CT molecular complexity index is 374. The summed E-state index contributed by atoms with van der Waals surface area (Å²) >= 11 is 0. The summed E-state index contributed by atoms with van der Waals surface area (Å²) in [5.74, 6) is -1.28. The van der Waals surface area contributed by atoms with E-state index in [1.54, 1.807) is 20.8 Å². The molecule has 6 nitrogen and oxygen atoms in total. The Labute approximate surface area is 118 Å². The molecule has 0 aromatic heterocycles. The van der Waals surface area contributed by atoms with Gasteiger partial charge in [-0.15, -0.1) is 0 Å². The maximum absolute atomic E-state index is 11.0. The summed E-state index contributed by atoms with van der Waals surface area (Å²) in [6.45, 7) is 5.23. The van der Waals surface area contributed by atoms with Gasteiger partial charge in [0.1, 0.15) is 18.3 Å². The largest absolute Gasteiger partial charge is 0.463 e. The molecule has 0 aromatic rings. The van der Waals surface area contributed by atoms with Gasteiger partial charge in [0.2, 0.25) is 0 Å². The molecule has 0 saturated carbocycles. The third-order valence-electron chi connectivity index (χ3n) is 2.68. The van der Waals surface area contributed by atoms with Crippen molar-refractivity contribution in [2.75, 3.05) is 13.2 Å². The highest BCUT2D eigenvalue weighted by Crippen LogP contribution is 2.30. The highest BCUT2D eigenvalue weighted by atomic mass is 16.8. The molecule has 0 bridgehead atoms. The van der Waals surface area contributed by atoms with Gasteiger partial charge in [-0.1, -0.05) is 18.2 Å². The molecule has 0 spiro atoms. The van der Waals surface area contributed by atoms with Gasteiger partial charge in [-0.25, -0.2) is 4.79 Å². The van der Waals surface area contributed by atoms with Crippen LogP contribution in [-0.4, -0.2) is 53.5 Å². The van der Waals surface area contributed by atoms with Crippen LogP contribution in [0.15, 0.2) is 24.3 Å². The second-order valence-electron chi connectivity index (χ2n) is 4.81. The SMILES string of the molecule is CCOC(=O)C=CC=CC(O)C1OC(C)(C)OC1CO. The Hall–Kier alpha value is -1.21. The number of hydrogen-bond donors (Lipinski definition) is 2. The topological polar surface area (TPSA) is 85.2 Å². The fourth-order valence-electron chi connectivity index (χ4n) is 1.91. The summed E-state index contributed by atoms with van der Waals surface area (Å²) in [7, 11) is 0. The van der Waals surface area contributed by atoms with E-state index in [1.165, 1.54) is 24.3 Å². The van der Waals surface area contributed by atoms with Gasteiger partial charge in [0.05, 0.1) is 13.2 Å². The number of esters is 1. The Morgan fingerprint density at radius 1 is 1.40 bits per heavy atom. The number of rotatable bonds is 6. The van der Waals surface area contributed by atoms with Crippen molar-refractivity contribution in [3.8, 4) is 0 Å². The van der Waals surface area contributed by atoms with Gasteiger partial charge in [0, 0.05) is 6.08 Å². The molecule has 6 heteroatoms. The van der Waals surface area contributed by atoms with Crippen LogP contribution in [0.1, 0.15) is 20.8 Å². The first-order valence-corrected chi connectivity index (χ1v) is 6.56. The molecule has 2 N–H and O–H groups in total. The van der Waals surface area contributed by atoms with Gasteiger partial charge in [-0.3, -0.25) is 0 Å². The van der Waals surface area contributed by atoms with Gasteiger partial charge in [0.15, 0.2) is 5.79 Å². The van der Waals surface area contributed by atoms with Crippen LogP contribution in [0, 0.1) is 0 Å². The first-order chi connectivity index (χ1) is 9.39. The smallest absolute Gasteiger partial charge is 0.330 e. The lowest BCUT2D eigenvalue weighted by atomic mass is 10.1. The summed E-state index contributed by atoms with van der Waals surface area (Å²) in [6.07, 6.45) is 3.53. The van der Waals surface area contributed by atoms with Crippen LogP contribution in [0.2, 0.25) is 0 Å². The molecule has 1 aliphatic heterocycles. The second-order valence-corrected chi connectivity index (χ2v) is 4.81.